The molecule has 2 atom stereocenters. The van der Waals surface area contributed by atoms with E-state index >= 15 is 0 Å². The Kier molecular flexibility index (Phi) is 7.00. The second kappa shape index (κ2) is 10.4. The molecule has 5 rings (SSSR count). The molecule has 2 unspecified atom stereocenters. The molecule has 2 aromatic carbocycles. The van der Waals surface area contributed by atoms with Gasteiger partial charge in [-0.3, -0.25) is 9.78 Å². The van der Waals surface area contributed by atoms with E-state index in [0.29, 0.717) is 15.8 Å². The number of hydrogen-bond acceptors (Lipinski definition) is 3. The first-order chi connectivity index (χ1) is 17.8. The van der Waals surface area contributed by atoms with Crippen LogP contribution in [0.25, 0.3) is 5.69 Å². The van der Waals surface area contributed by atoms with Crippen LogP contribution in [-0.4, -0.2) is 20.6 Å². The van der Waals surface area contributed by atoms with Gasteiger partial charge in [0.05, 0.1) is 22.4 Å². The molecule has 0 bridgehead atoms. The molecule has 1 fully saturated rings. The summed E-state index contributed by atoms with van der Waals surface area (Å²) in [5.41, 5.74) is 5.61. The Hall–Kier alpha value is -3.68. The van der Waals surface area contributed by atoms with E-state index in [-0.39, 0.29) is 23.9 Å². The maximum absolute atomic E-state index is 12.2. The van der Waals surface area contributed by atoms with Gasteiger partial charge in [0.25, 0.3) is 0 Å². The number of nitrogens with one attached hydrogen (secondary N) is 2. The van der Waals surface area contributed by atoms with Crippen LogP contribution in [0.3, 0.4) is 0 Å². The Bertz CT molecular complexity index is 1430. The van der Waals surface area contributed by atoms with Gasteiger partial charge >= 0.3 is 0 Å². The average Bonchev–Trinajstić information content (AvgIpc) is 3.50. The van der Waals surface area contributed by atoms with Crippen molar-refractivity contribution in [3.8, 4) is 5.69 Å². The Morgan fingerprint density at radius 2 is 1.81 bits per heavy atom. The van der Waals surface area contributed by atoms with E-state index in [1.165, 1.54) is 5.56 Å². The molecule has 0 radical (unpaired) electrons. The van der Waals surface area contributed by atoms with Gasteiger partial charge in [0.15, 0.2) is 5.11 Å². The molecule has 1 aliphatic heterocycles. The van der Waals surface area contributed by atoms with Crippen LogP contribution in [0.2, 0.25) is 5.02 Å². The van der Waals surface area contributed by atoms with Crippen molar-refractivity contribution in [1.29, 1.82) is 0 Å². The molecule has 2 aromatic heterocycles. The zero-order chi connectivity index (χ0) is 26.1. The van der Waals surface area contributed by atoms with Crippen molar-refractivity contribution in [1.82, 2.24) is 14.9 Å². The topological polar surface area (TPSA) is 62.2 Å². The van der Waals surface area contributed by atoms with Crippen LogP contribution in [0.4, 0.5) is 11.4 Å². The normalized spacial score (nSPS) is 17.2. The molecule has 8 heteroatoms. The highest BCUT2D eigenvalue weighted by molar-refractivity contribution is 7.80. The van der Waals surface area contributed by atoms with Crippen molar-refractivity contribution in [3.05, 3.63) is 107 Å². The summed E-state index contributed by atoms with van der Waals surface area (Å²) < 4.78 is 2.18. The summed E-state index contributed by atoms with van der Waals surface area (Å²) in [5.74, 6) is -0.235. The molecule has 4 aromatic rings. The second-order valence-corrected chi connectivity index (χ2v) is 10.2. The average molecular weight is 530 g/mol. The molecule has 0 aliphatic carbocycles. The lowest BCUT2D eigenvalue weighted by Crippen LogP contribution is -2.30. The van der Waals surface area contributed by atoms with Crippen LogP contribution in [0, 0.1) is 12.8 Å². The first kappa shape index (κ1) is 25.0. The molecule has 0 spiro atoms. The lowest BCUT2D eigenvalue weighted by molar-refractivity contribution is -0.118. The fraction of sp³-hybridized carbons (Fsp3) is 0.207. The molecule has 3 heterocycles. The molecule has 188 valence electrons. The number of nitrogens with zero attached hydrogens (tertiary/aromatic N) is 3. The summed E-state index contributed by atoms with van der Waals surface area (Å²) >= 11 is 12.5. The van der Waals surface area contributed by atoms with E-state index in [9.17, 15) is 4.79 Å². The van der Waals surface area contributed by atoms with Gasteiger partial charge in [0, 0.05) is 35.4 Å². The van der Waals surface area contributed by atoms with Gasteiger partial charge in [0.2, 0.25) is 5.91 Å². The van der Waals surface area contributed by atoms with Crippen molar-refractivity contribution in [2.45, 2.75) is 32.9 Å². The smallest absolute Gasteiger partial charge is 0.226 e. The highest BCUT2D eigenvalue weighted by Gasteiger charge is 2.42. The minimum absolute atomic E-state index is 0.0861. The van der Waals surface area contributed by atoms with Crippen LogP contribution in [0.1, 0.15) is 42.9 Å². The standard InChI is InChI=1S/C29H28ClN5OS/c1-18(2)28(36)32-23-14-13-21(17-22(23)30)35-27(26(33-29(35)37)24-7-4-5-15-31-24)25-8-6-16-34(25)20-11-9-19(3)10-12-20/h4-18,26-27H,1-3H3,(H,32,36)(H,33,37). The van der Waals surface area contributed by atoms with E-state index in [1.54, 1.807) is 6.20 Å². The van der Waals surface area contributed by atoms with E-state index in [4.69, 9.17) is 23.8 Å². The zero-order valence-corrected chi connectivity index (χ0v) is 22.4. The van der Waals surface area contributed by atoms with Crippen molar-refractivity contribution >= 4 is 46.2 Å². The third-order valence-electron chi connectivity index (χ3n) is 6.51. The van der Waals surface area contributed by atoms with Gasteiger partial charge in [-0.05, 0) is 73.7 Å². The highest BCUT2D eigenvalue weighted by Crippen LogP contribution is 2.43. The number of carbonyl (C=O) groups is 1. The number of anilines is 2. The summed E-state index contributed by atoms with van der Waals surface area (Å²) in [6.45, 7) is 5.77. The number of halogens is 1. The summed E-state index contributed by atoms with van der Waals surface area (Å²) in [6.07, 6.45) is 3.86. The van der Waals surface area contributed by atoms with Gasteiger partial charge in [0.1, 0.15) is 6.04 Å². The predicted molar refractivity (Wildman–Crippen MR) is 153 cm³/mol. The van der Waals surface area contributed by atoms with Gasteiger partial charge in [-0.25, -0.2) is 0 Å². The van der Waals surface area contributed by atoms with Crippen molar-refractivity contribution in [2.24, 2.45) is 5.92 Å². The maximum Gasteiger partial charge on any atom is 0.226 e. The number of hydrogen-bond donors (Lipinski definition) is 2. The molecule has 0 saturated carbocycles. The van der Waals surface area contributed by atoms with Crippen LogP contribution in [0.15, 0.2) is 85.2 Å². The molecular formula is C29H28ClN5OS. The Labute approximate surface area is 227 Å². The van der Waals surface area contributed by atoms with Gasteiger partial charge in [-0.15, -0.1) is 0 Å². The van der Waals surface area contributed by atoms with E-state index in [0.717, 1.165) is 22.8 Å². The minimum atomic E-state index is -0.203. The fourth-order valence-corrected chi connectivity index (χ4v) is 5.11. The van der Waals surface area contributed by atoms with E-state index in [1.807, 2.05) is 56.3 Å². The number of thiocarbonyl (C=S) groups is 1. The zero-order valence-electron chi connectivity index (χ0n) is 20.9. The molecule has 2 N–H and O–H groups in total. The molecule has 1 saturated heterocycles. The Morgan fingerprint density at radius 1 is 1.05 bits per heavy atom. The number of rotatable bonds is 6. The minimum Gasteiger partial charge on any atom is -0.351 e. The largest absolute Gasteiger partial charge is 0.351 e. The van der Waals surface area contributed by atoms with E-state index < -0.39 is 0 Å². The second-order valence-electron chi connectivity index (χ2n) is 9.44. The molecule has 6 nitrogen and oxygen atoms in total. The van der Waals surface area contributed by atoms with Gasteiger partial charge in [-0.1, -0.05) is 49.2 Å². The summed E-state index contributed by atoms with van der Waals surface area (Å²) in [7, 11) is 0. The van der Waals surface area contributed by atoms with Crippen molar-refractivity contribution in [3.63, 3.8) is 0 Å². The number of carbonyl (C=O) groups excluding carboxylic acids is 1. The molecule has 1 amide bonds. The number of amides is 1. The first-order valence-corrected chi connectivity index (χ1v) is 13.0. The predicted octanol–water partition coefficient (Wildman–Crippen LogP) is 6.61. The van der Waals surface area contributed by atoms with Gasteiger partial charge in [-0.2, -0.15) is 0 Å². The summed E-state index contributed by atoms with van der Waals surface area (Å²) in [5, 5.41) is 7.41. The molecule has 1 aliphatic rings. The van der Waals surface area contributed by atoms with Crippen LogP contribution in [-0.2, 0) is 4.79 Å². The number of aryl methyl sites for hydroxylation is 1. The van der Waals surface area contributed by atoms with Gasteiger partial charge < -0.3 is 20.1 Å². The highest BCUT2D eigenvalue weighted by atomic mass is 35.5. The number of aromatic nitrogens is 2. The lowest BCUT2D eigenvalue weighted by atomic mass is 10.0. The van der Waals surface area contributed by atoms with Crippen LogP contribution < -0.4 is 15.5 Å². The maximum atomic E-state index is 12.2. The van der Waals surface area contributed by atoms with Crippen LogP contribution >= 0.6 is 23.8 Å². The summed E-state index contributed by atoms with van der Waals surface area (Å²) in [6, 6.07) is 23.7. The first-order valence-electron chi connectivity index (χ1n) is 12.2. The van der Waals surface area contributed by atoms with Crippen molar-refractivity contribution in [2.75, 3.05) is 10.2 Å². The molecule has 37 heavy (non-hydrogen) atoms. The van der Waals surface area contributed by atoms with Crippen LogP contribution in [0.5, 0.6) is 0 Å². The third-order valence-corrected chi connectivity index (χ3v) is 7.13. The lowest BCUT2D eigenvalue weighted by Gasteiger charge is -2.29. The quantitative estimate of drug-likeness (QED) is 0.275. The SMILES string of the molecule is Cc1ccc(-n2cccc2C2C(c3ccccn3)NC(=S)N2c2ccc(NC(=O)C(C)C)c(Cl)c2)cc1. The Balaban J connectivity index is 1.59. The monoisotopic (exact) mass is 529 g/mol. The third kappa shape index (κ3) is 4.97. The fourth-order valence-electron chi connectivity index (χ4n) is 4.54. The van der Waals surface area contributed by atoms with Crippen molar-refractivity contribution < 1.29 is 4.79 Å². The molecular weight excluding hydrogens is 502 g/mol. The van der Waals surface area contributed by atoms with E-state index in [2.05, 4.69) is 68.5 Å². The Morgan fingerprint density at radius 3 is 2.49 bits per heavy atom. The summed E-state index contributed by atoms with van der Waals surface area (Å²) in [4.78, 5) is 19.0. The number of pyridine rings is 1. The number of benzene rings is 2.